The molecule has 190 valence electrons. The van der Waals surface area contributed by atoms with Crippen LogP contribution in [0.25, 0.3) is 0 Å². The molecule has 0 aromatic heterocycles. The molecule has 1 heterocycles. The molecule has 2 N–H and O–H groups in total. The zero-order valence-electron chi connectivity index (χ0n) is 20.6. The molecule has 0 aliphatic carbocycles. The number of hydrogen-bond acceptors (Lipinski definition) is 8. The molecule has 9 nitrogen and oxygen atoms in total. The molecule has 1 aliphatic rings. The van der Waals surface area contributed by atoms with Crippen molar-refractivity contribution in [2.45, 2.75) is 12.5 Å². The summed E-state index contributed by atoms with van der Waals surface area (Å²) in [6.45, 7) is 3.10. The zero-order valence-corrected chi connectivity index (χ0v) is 21.4. The lowest BCUT2D eigenvalue weighted by Gasteiger charge is -2.29. The summed E-state index contributed by atoms with van der Waals surface area (Å²) in [4.78, 5) is 28.4. The number of amides is 2. The SMILES string of the molecule is COc1cc(C(=O)N[C@@H](CCSC)C(=O)Nc2ccc(N3CCOCC3)cc2)cc(OC)c1OC. The van der Waals surface area contributed by atoms with Crippen LogP contribution in [-0.2, 0) is 9.53 Å². The van der Waals surface area contributed by atoms with Crippen molar-refractivity contribution in [3.05, 3.63) is 42.0 Å². The van der Waals surface area contributed by atoms with Crippen LogP contribution >= 0.6 is 11.8 Å². The summed E-state index contributed by atoms with van der Waals surface area (Å²) in [6.07, 6.45) is 2.44. The number of carbonyl (C=O) groups excluding carboxylic acids is 2. The number of benzene rings is 2. The second-order valence-corrected chi connectivity index (χ2v) is 8.84. The summed E-state index contributed by atoms with van der Waals surface area (Å²) in [5, 5.41) is 5.78. The fourth-order valence-electron chi connectivity index (χ4n) is 3.76. The van der Waals surface area contributed by atoms with Crippen LogP contribution in [0, 0.1) is 0 Å². The van der Waals surface area contributed by atoms with E-state index >= 15 is 0 Å². The van der Waals surface area contributed by atoms with Gasteiger partial charge in [-0.25, -0.2) is 0 Å². The van der Waals surface area contributed by atoms with Crippen LogP contribution in [0.15, 0.2) is 36.4 Å². The van der Waals surface area contributed by atoms with Crippen molar-refractivity contribution >= 4 is 35.0 Å². The van der Waals surface area contributed by atoms with E-state index in [1.54, 1.807) is 23.9 Å². The smallest absolute Gasteiger partial charge is 0.252 e. The fourth-order valence-corrected chi connectivity index (χ4v) is 4.24. The summed E-state index contributed by atoms with van der Waals surface area (Å²) in [5.74, 6) is 1.14. The molecule has 2 amide bonds. The first kappa shape index (κ1) is 26.5. The number of thioether (sulfide) groups is 1. The first-order valence-corrected chi connectivity index (χ1v) is 12.7. The Morgan fingerprint density at radius 2 is 1.66 bits per heavy atom. The Hall–Kier alpha value is -3.11. The molecule has 0 bridgehead atoms. The van der Waals surface area contributed by atoms with Crippen LogP contribution in [0.1, 0.15) is 16.8 Å². The van der Waals surface area contributed by atoms with Gasteiger partial charge in [0.15, 0.2) is 11.5 Å². The number of morpholine rings is 1. The van der Waals surface area contributed by atoms with Gasteiger partial charge < -0.3 is 34.5 Å². The van der Waals surface area contributed by atoms with E-state index < -0.39 is 11.9 Å². The molecule has 0 saturated carbocycles. The van der Waals surface area contributed by atoms with Gasteiger partial charge in [0.2, 0.25) is 11.7 Å². The summed E-state index contributed by atoms with van der Waals surface area (Å²) >= 11 is 1.61. The number of carbonyl (C=O) groups is 2. The monoisotopic (exact) mass is 503 g/mol. The molecule has 1 fully saturated rings. The van der Waals surface area contributed by atoms with Gasteiger partial charge in [-0.15, -0.1) is 0 Å². The van der Waals surface area contributed by atoms with Gasteiger partial charge in [0.25, 0.3) is 5.91 Å². The lowest BCUT2D eigenvalue weighted by atomic mass is 10.1. The van der Waals surface area contributed by atoms with E-state index in [-0.39, 0.29) is 5.91 Å². The number of ether oxygens (including phenoxy) is 4. The molecule has 10 heteroatoms. The van der Waals surface area contributed by atoms with Gasteiger partial charge in [0.05, 0.1) is 34.5 Å². The van der Waals surface area contributed by atoms with Crippen molar-refractivity contribution in [2.75, 3.05) is 69.9 Å². The summed E-state index contributed by atoms with van der Waals surface area (Å²) in [7, 11) is 4.46. The number of methoxy groups -OCH3 is 3. The Morgan fingerprint density at radius 3 is 2.20 bits per heavy atom. The van der Waals surface area contributed by atoms with Crippen molar-refractivity contribution in [3.8, 4) is 17.2 Å². The standard InChI is InChI=1S/C25H33N3O6S/c1-31-21-15-17(16-22(32-2)23(21)33-3)24(29)27-20(9-14-35-4)25(30)26-18-5-7-19(8-6-18)28-10-12-34-13-11-28/h5-8,15-16,20H,9-14H2,1-4H3,(H,26,30)(H,27,29)/t20-/m0/s1. The summed E-state index contributed by atoms with van der Waals surface area (Å²) in [6, 6.07) is 10.1. The molecule has 2 aromatic rings. The van der Waals surface area contributed by atoms with Crippen LogP contribution in [0.3, 0.4) is 0 Å². The van der Waals surface area contributed by atoms with Gasteiger partial charge in [0, 0.05) is 30.0 Å². The average Bonchev–Trinajstić information content (AvgIpc) is 2.90. The number of nitrogens with zero attached hydrogens (tertiary/aromatic N) is 1. The highest BCUT2D eigenvalue weighted by molar-refractivity contribution is 7.98. The van der Waals surface area contributed by atoms with Gasteiger partial charge >= 0.3 is 0 Å². The Morgan fingerprint density at radius 1 is 1.03 bits per heavy atom. The first-order chi connectivity index (χ1) is 17.0. The molecule has 0 unspecified atom stereocenters. The third-order valence-corrected chi connectivity index (χ3v) is 6.31. The fraction of sp³-hybridized carbons (Fsp3) is 0.440. The second-order valence-electron chi connectivity index (χ2n) is 7.86. The Labute approximate surface area is 210 Å². The van der Waals surface area contributed by atoms with E-state index in [0.29, 0.717) is 53.9 Å². The van der Waals surface area contributed by atoms with E-state index in [0.717, 1.165) is 18.8 Å². The van der Waals surface area contributed by atoms with Crippen LogP contribution in [-0.4, -0.2) is 77.5 Å². The zero-order chi connectivity index (χ0) is 25.2. The lowest BCUT2D eigenvalue weighted by Crippen LogP contribution is -2.44. The molecule has 3 rings (SSSR count). The average molecular weight is 504 g/mol. The van der Waals surface area contributed by atoms with E-state index in [1.165, 1.54) is 21.3 Å². The Balaban J connectivity index is 1.71. The molecule has 0 radical (unpaired) electrons. The summed E-state index contributed by atoms with van der Waals surface area (Å²) < 4.78 is 21.4. The number of hydrogen-bond donors (Lipinski definition) is 2. The molecule has 2 aromatic carbocycles. The maximum atomic E-state index is 13.1. The predicted molar refractivity (Wildman–Crippen MR) is 138 cm³/mol. The highest BCUT2D eigenvalue weighted by Gasteiger charge is 2.24. The maximum Gasteiger partial charge on any atom is 0.252 e. The minimum Gasteiger partial charge on any atom is -0.493 e. The van der Waals surface area contributed by atoms with Crippen LogP contribution < -0.4 is 29.7 Å². The molecule has 1 aliphatic heterocycles. The van der Waals surface area contributed by atoms with Crippen LogP contribution in [0.5, 0.6) is 17.2 Å². The van der Waals surface area contributed by atoms with E-state index in [1.807, 2.05) is 30.5 Å². The van der Waals surface area contributed by atoms with Crippen molar-refractivity contribution in [2.24, 2.45) is 0 Å². The van der Waals surface area contributed by atoms with Crippen molar-refractivity contribution in [1.29, 1.82) is 0 Å². The minimum absolute atomic E-state index is 0.279. The van der Waals surface area contributed by atoms with Crippen molar-refractivity contribution < 1.29 is 28.5 Å². The maximum absolute atomic E-state index is 13.1. The van der Waals surface area contributed by atoms with Crippen molar-refractivity contribution in [3.63, 3.8) is 0 Å². The van der Waals surface area contributed by atoms with Gasteiger partial charge in [0.1, 0.15) is 6.04 Å². The topological polar surface area (TPSA) is 98.4 Å². The third kappa shape index (κ3) is 6.95. The highest BCUT2D eigenvalue weighted by atomic mass is 32.2. The molecular weight excluding hydrogens is 470 g/mol. The molecule has 1 saturated heterocycles. The quantitative estimate of drug-likeness (QED) is 0.483. The van der Waals surface area contributed by atoms with Gasteiger partial charge in [-0.3, -0.25) is 9.59 Å². The minimum atomic E-state index is -0.715. The molecular formula is C25H33N3O6S. The van der Waals surface area contributed by atoms with Crippen LogP contribution in [0.4, 0.5) is 11.4 Å². The van der Waals surface area contributed by atoms with Gasteiger partial charge in [-0.1, -0.05) is 0 Å². The Kier molecular flexibility index (Phi) is 9.92. The lowest BCUT2D eigenvalue weighted by molar-refractivity contribution is -0.118. The molecule has 0 spiro atoms. The van der Waals surface area contributed by atoms with Crippen LogP contribution in [0.2, 0.25) is 0 Å². The number of nitrogens with one attached hydrogen (secondary N) is 2. The normalized spacial score (nSPS) is 14.1. The predicted octanol–water partition coefficient (Wildman–Crippen LogP) is 3.04. The summed E-state index contributed by atoms with van der Waals surface area (Å²) in [5.41, 5.74) is 2.06. The second kappa shape index (κ2) is 13.1. The Bertz CT molecular complexity index is 970. The molecule has 1 atom stereocenters. The number of anilines is 2. The van der Waals surface area contributed by atoms with Gasteiger partial charge in [-0.05, 0) is 54.8 Å². The first-order valence-electron chi connectivity index (χ1n) is 11.3. The van der Waals surface area contributed by atoms with E-state index in [2.05, 4.69) is 15.5 Å². The van der Waals surface area contributed by atoms with Gasteiger partial charge in [-0.2, -0.15) is 11.8 Å². The van der Waals surface area contributed by atoms with E-state index in [9.17, 15) is 9.59 Å². The largest absolute Gasteiger partial charge is 0.493 e. The van der Waals surface area contributed by atoms with E-state index in [4.69, 9.17) is 18.9 Å². The highest BCUT2D eigenvalue weighted by Crippen LogP contribution is 2.38. The van der Waals surface area contributed by atoms with Crippen molar-refractivity contribution in [1.82, 2.24) is 5.32 Å². The number of rotatable bonds is 11. The third-order valence-electron chi connectivity index (χ3n) is 5.67. The molecule has 35 heavy (non-hydrogen) atoms.